The van der Waals surface area contributed by atoms with Crippen LogP contribution in [0.1, 0.15) is 32.6 Å². The summed E-state index contributed by atoms with van der Waals surface area (Å²) in [6.45, 7) is 9.87. The molecule has 0 aromatic carbocycles. The number of nitrogens with zero attached hydrogens (tertiary/aromatic N) is 2. The fourth-order valence-electron chi connectivity index (χ4n) is 3.17. The Balaban J connectivity index is 1.69. The third-order valence-electron chi connectivity index (χ3n) is 4.30. The summed E-state index contributed by atoms with van der Waals surface area (Å²) in [6, 6.07) is 0.597. The molecule has 4 heteroatoms. The SMILES string of the molecule is CCCC(CN)N1CCN(CC2CCCO2)CC1. The minimum atomic E-state index is 0.498. The Bertz CT molecular complexity index is 223. The van der Waals surface area contributed by atoms with Crippen LogP contribution in [0, 0.1) is 0 Å². The normalized spacial score (nSPS) is 28.7. The van der Waals surface area contributed by atoms with Crippen LogP contribution in [0.4, 0.5) is 0 Å². The van der Waals surface area contributed by atoms with Crippen LogP contribution in [0.2, 0.25) is 0 Å². The number of hydrogen-bond donors (Lipinski definition) is 1. The second-order valence-corrected chi connectivity index (χ2v) is 5.65. The highest BCUT2D eigenvalue weighted by Crippen LogP contribution is 2.15. The molecule has 106 valence electrons. The molecule has 2 saturated heterocycles. The van der Waals surface area contributed by atoms with Gasteiger partial charge in [0.15, 0.2) is 0 Å². The van der Waals surface area contributed by atoms with Crippen molar-refractivity contribution >= 4 is 0 Å². The average Bonchev–Trinajstić information content (AvgIpc) is 2.90. The van der Waals surface area contributed by atoms with E-state index in [1.165, 1.54) is 51.9 Å². The molecule has 2 heterocycles. The molecular weight excluding hydrogens is 226 g/mol. The van der Waals surface area contributed by atoms with Gasteiger partial charge in [-0.2, -0.15) is 0 Å². The Morgan fingerprint density at radius 2 is 2.06 bits per heavy atom. The summed E-state index contributed by atoms with van der Waals surface area (Å²) in [4.78, 5) is 5.14. The number of nitrogens with two attached hydrogens (primary N) is 1. The van der Waals surface area contributed by atoms with E-state index in [9.17, 15) is 0 Å². The zero-order chi connectivity index (χ0) is 12.8. The smallest absolute Gasteiger partial charge is 0.0702 e. The molecule has 2 N–H and O–H groups in total. The van der Waals surface area contributed by atoms with Crippen molar-refractivity contribution in [1.82, 2.24) is 9.80 Å². The van der Waals surface area contributed by atoms with Gasteiger partial charge in [0.1, 0.15) is 0 Å². The van der Waals surface area contributed by atoms with E-state index in [-0.39, 0.29) is 0 Å². The average molecular weight is 255 g/mol. The number of ether oxygens (including phenoxy) is 1. The van der Waals surface area contributed by atoms with E-state index in [0.717, 1.165) is 19.7 Å². The van der Waals surface area contributed by atoms with Gasteiger partial charge in [0.25, 0.3) is 0 Å². The van der Waals surface area contributed by atoms with Gasteiger partial charge in [-0.25, -0.2) is 0 Å². The van der Waals surface area contributed by atoms with Crippen LogP contribution in [0.3, 0.4) is 0 Å². The molecule has 0 radical (unpaired) electrons. The van der Waals surface area contributed by atoms with Gasteiger partial charge in [0.05, 0.1) is 6.10 Å². The highest BCUT2D eigenvalue weighted by atomic mass is 16.5. The first kappa shape index (κ1) is 14.3. The number of hydrogen-bond acceptors (Lipinski definition) is 4. The molecule has 0 amide bonds. The van der Waals surface area contributed by atoms with Gasteiger partial charge in [-0.15, -0.1) is 0 Å². The lowest BCUT2D eigenvalue weighted by molar-refractivity contribution is 0.0399. The maximum atomic E-state index is 5.88. The van der Waals surface area contributed by atoms with Crippen molar-refractivity contribution in [2.45, 2.75) is 44.8 Å². The fourth-order valence-corrected chi connectivity index (χ4v) is 3.17. The first-order valence-corrected chi connectivity index (χ1v) is 7.61. The lowest BCUT2D eigenvalue weighted by Crippen LogP contribution is -2.53. The number of piperazine rings is 1. The molecule has 2 rings (SSSR count). The summed E-state index contributed by atoms with van der Waals surface area (Å²) < 4.78 is 5.71. The third-order valence-corrected chi connectivity index (χ3v) is 4.30. The molecule has 2 aliphatic heterocycles. The molecule has 0 aliphatic carbocycles. The molecule has 0 saturated carbocycles. The van der Waals surface area contributed by atoms with Crippen molar-refractivity contribution in [2.24, 2.45) is 5.73 Å². The van der Waals surface area contributed by atoms with Crippen molar-refractivity contribution < 1.29 is 4.74 Å². The van der Waals surface area contributed by atoms with Crippen molar-refractivity contribution in [3.05, 3.63) is 0 Å². The Labute approximate surface area is 111 Å². The first-order valence-electron chi connectivity index (χ1n) is 7.61. The summed E-state index contributed by atoms with van der Waals surface area (Å²) in [5.74, 6) is 0. The van der Waals surface area contributed by atoms with Gasteiger partial charge in [-0.1, -0.05) is 13.3 Å². The summed E-state index contributed by atoms with van der Waals surface area (Å²) in [7, 11) is 0. The van der Waals surface area contributed by atoms with Crippen LogP contribution in [0.15, 0.2) is 0 Å². The van der Waals surface area contributed by atoms with Crippen LogP contribution in [-0.2, 0) is 4.74 Å². The summed E-state index contributed by atoms with van der Waals surface area (Å²) in [5.41, 5.74) is 5.88. The molecule has 0 spiro atoms. The van der Waals surface area contributed by atoms with E-state index in [4.69, 9.17) is 10.5 Å². The largest absolute Gasteiger partial charge is 0.377 e. The van der Waals surface area contributed by atoms with Gasteiger partial charge < -0.3 is 10.5 Å². The predicted octanol–water partition coefficient (Wildman–Crippen LogP) is 0.910. The minimum Gasteiger partial charge on any atom is -0.377 e. The molecule has 2 fully saturated rings. The second kappa shape index (κ2) is 7.43. The van der Waals surface area contributed by atoms with E-state index in [1.54, 1.807) is 0 Å². The monoisotopic (exact) mass is 255 g/mol. The Kier molecular flexibility index (Phi) is 5.89. The molecule has 0 bridgehead atoms. The van der Waals surface area contributed by atoms with Crippen LogP contribution in [0.5, 0.6) is 0 Å². The standard InChI is InChI=1S/C14H29N3O/c1-2-4-13(11-15)17-8-6-16(7-9-17)12-14-5-3-10-18-14/h13-14H,2-12,15H2,1H3. The second-order valence-electron chi connectivity index (χ2n) is 5.65. The lowest BCUT2D eigenvalue weighted by Gasteiger charge is -2.39. The van der Waals surface area contributed by atoms with E-state index < -0.39 is 0 Å². The van der Waals surface area contributed by atoms with E-state index >= 15 is 0 Å². The molecule has 2 unspecified atom stereocenters. The number of rotatable bonds is 6. The van der Waals surface area contributed by atoms with E-state index in [1.807, 2.05) is 0 Å². The van der Waals surface area contributed by atoms with E-state index in [2.05, 4.69) is 16.7 Å². The van der Waals surface area contributed by atoms with Crippen molar-refractivity contribution in [1.29, 1.82) is 0 Å². The van der Waals surface area contributed by atoms with Crippen LogP contribution in [0.25, 0.3) is 0 Å². The van der Waals surface area contributed by atoms with Gasteiger partial charge >= 0.3 is 0 Å². The minimum absolute atomic E-state index is 0.498. The van der Waals surface area contributed by atoms with Crippen molar-refractivity contribution in [3.8, 4) is 0 Å². The summed E-state index contributed by atoms with van der Waals surface area (Å²) >= 11 is 0. The Morgan fingerprint density at radius 1 is 1.28 bits per heavy atom. The van der Waals surface area contributed by atoms with Crippen molar-refractivity contribution in [2.75, 3.05) is 45.9 Å². The zero-order valence-corrected chi connectivity index (χ0v) is 11.8. The molecular formula is C14H29N3O. The fraction of sp³-hybridized carbons (Fsp3) is 1.00. The highest BCUT2D eigenvalue weighted by molar-refractivity contribution is 4.81. The van der Waals surface area contributed by atoms with Crippen LogP contribution >= 0.6 is 0 Å². The van der Waals surface area contributed by atoms with Gasteiger partial charge in [-0.3, -0.25) is 9.80 Å². The van der Waals surface area contributed by atoms with E-state index in [0.29, 0.717) is 12.1 Å². The lowest BCUT2D eigenvalue weighted by atomic mass is 10.1. The predicted molar refractivity (Wildman–Crippen MR) is 74.7 cm³/mol. The molecule has 0 aromatic rings. The molecule has 4 nitrogen and oxygen atoms in total. The van der Waals surface area contributed by atoms with Crippen LogP contribution < -0.4 is 5.73 Å². The molecule has 18 heavy (non-hydrogen) atoms. The molecule has 2 aliphatic rings. The topological polar surface area (TPSA) is 41.7 Å². The zero-order valence-electron chi connectivity index (χ0n) is 11.8. The van der Waals surface area contributed by atoms with Gasteiger partial charge in [0.2, 0.25) is 0 Å². The van der Waals surface area contributed by atoms with Crippen molar-refractivity contribution in [3.63, 3.8) is 0 Å². The Hall–Kier alpha value is -0.160. The molecule has 2 atom stereocenters. The highest BCUT2D eigenvalue weighted by Gasteiger charge is 2.25. The third kappa shape index (κ3) is 3.92. The maximum absolute atomic E-state index is 5.88. The molecule has 0 aromatic heterocycles. The Morgan fingerprint density at radius 3 is 2.61 bits per heavy atom. The maximum Gasteiger partial charge on any atom is 0.0702 e. The summed E-state index contributed by atoms with van der Waals surface area (Å²) in [6.07, 6.45) is 5.47. The summed E-state index contributed by atoms with van der Waals surface area (Å²) in [5, 5.41) is 0. The first-order chi connectivity index (χ1) is 8.83. The van der Waals surface area contributed by atoms with Gasteiger partial charge in [-0.05, 0) is 19.3 Å². The quantitative estimate of drug-likeness (QED) is 0.766. The van der Waals surface area contributed by atoms with Crippen LogP contribution in [-0.4, -0.2) is 67.8 Å². The van der Waals surface area contributed by atoms with Gasteiger partial charge in [0, 0.05) is 51.9 Å².